The van der Waals surface area contributed by atoms with Gasteiger partial charge in [-0.2, -0.15) is 13.6 Å². The van der Waals surface area contributed by atoms with Crippen molar-refractivity contribution >= 4 is 32.7 Å². The van der Waals surface area contributed by atoms with Gasteiger partial charge < -0.3 is 0 Å². The number of anilines is 2. The largest absolute Gasteiger partial charge is 0.278 e. The first-order valence-corrected chi connectivity index (χ1v) is 9.81. The molecule has 4 aromatic rings. The van der Waals surface area contributed by atoms with Crippen LogP contribution in [-0.2, 0) is 10.0 Å². The molecule has 8 nitrogen and oxygen atoms in total. The smallest absolute Gasteiger partial charge is 0.265 e. The molecular formula is C16H12N6O2S2. The molecule has 1 N–H and O–H groups in total. The summed E-state index contributed by atoms with van der Waals surface area (Å²) < 4.78 is 28.0. The number of tetrazole rings is 1. The van der Waals surface area contributed by atoms with E-state index in [4.69, 9.17) is 0 Å². The number of nitrogens with zero attached hydrogens (tertiary/aromatic N) is 5. The summed E-state index contributed by atoms with van der Waals surface area (Å²) in [5.41, 5.74) is 1.60. The molecule has 0 aliphatic carbocycles. The highest BCUT2D eigenvalue weighted by Crippen LogP contribution is 2.35. The fraction of sp³-hybridized carbons (Fsp3) is 0. The van der Waals surface area contributed by atoms with E-state index >= 15 is 0 Å². The zero-order valence-electron chi connectivity index (χ0n) is 13.2. The van der Waals surface area contributed by atoms with E-state index in [9.17, 15) is 8.42 Å². The van der Waals surface area contributed by atoms with E-state index in [-0.39, 0.29) is 4.21 Å². The van der Waals surface area contributed by atoms with Crippen molar-refractivity contribution in [3.8, 4) is 11.4 Å². The first-order valence-electron chi connectivity index (χ1n) is 7.49. The quantitative estimate of drug-likeness (QED) is 0.567. The summed E-state index contributed by atoms with van der Waals surface area (Å²) in [7, 11) is -3.79. The number of aromatic nitrogens is 5. The minimum Gasteiger partial charge on any atom is -0.265 e. The number of sulfonamides is 1. The molecule has 0 unspecified atom stereocenters. The van der Waals surface area contributed by atoms with Gasteiger partial charge in [-0.05, 0) is 40.9 Å². The van der Waals surface area contributed by atoms with Gasteiger partial charge in [-0.1, -0.05) is 18.2 Å². The van der Waals surface area contributed by atoms with Crippen molar-refractivity contribution in [2.24, 2.45) is 0 Å². The molecule has 1 aromatic carbocycles. The molecular weight excluding hydrogens is 372 g/mol. The van der Waals surface area contributed by atoms with Gasteiger partial charge in [0, 0.05) is 18.0 Å². The van der Waals surface area contributed by atoms with Crippen LogP contribution in [0.3, 0.4) is 0 Å². The average molecular weight is 384 g/mol. The maximum Gasteiger partial charge on any atom is 0.278 e. The predicted molar refractivity (Wildman–Crippen MR) is 97.5 cm³/mol. The van der Waals surface area contributed by atoms with Gasteiger partial charge in [-0.3, -0.25) is 4.98 Å². The number of H-pyrrole nitrogens is 1. The SMILES string of the molecule is O=S(=O)(c1cccs1)N(c1ccncc1)c1cccc(-c2nn[nH]n2)c1. The number of nitrogens with one attached hydrogen (secondary N) is 1. The minimum absolute atomic E-state index is 0.249. The molecule has 130 valence electrons. The molecule has 10 heteroatoms. The molecule has 3 heterocycles. The van der Waals surface area contributed by atoms with Gasteiger partial charge in [-0.15, -0.1) is 21.5 Å². The Morgan fingerprint density at radius 1 is 1.00 bits per heavy atom. The summed E-state index contributed by atoms with van der Waals surface area (Å²) in [6, 6.07) is 13.5. The van der Waals surface area contributed by atoms with E-state index in [1.54, 1.807) is 66.3 Å². The lowest BCUT2D eigenvalue weighted by Gasteiger charge is -2.24. The van der Waals surface area contributed by atoms with Crippen molar-refractivity contribution in [2.45, 2.75) is 4.21 Å². The second-order valence-electron chi connectivity index (χ2n) is 5.19. The van der Waals surface area contributed by atoms with Crippen LogP contribution >= 0.6 is 11.3 Å². The number of thiophene rings is 1. The number of hydrogen-bond donors (Lipinski definition) is 1. The summed E-state index contributed by atoms with van der Waals surface area (Å²) in [6.07, 6.45) is 3.10. The van der Waals surface area contributed by atoms with Crippen molar-refractivity contribution < 1.29 is 8.42 Å². The zero-order chi connectivity index (χ0) is 18.0. The molecule has 4 rings (SSSR count). The van der Waals surface area contributed by atoms with Crippen LogP contribution in [0.25, 0.3) is 11.4 Å². The molecule has 0 radical (unpaired) electrons. The predicted octanol–water partition coefficient (Wildman–Crippen LogP) is 2.85. The Morgan fingerprint density at radius 3 is 2.54 bits per heavy atom. The second-order valence-corrected chi connectivity index (χ2v) is 8.15. The third kappa shape index (κ3) is 2.95. The lowest BCUT2D eigenvalue weighted by Crippen LogP contribution is -2.25. The van der Waals surface area contributed by atoms with E-state index in [2.05, 4.69) is 25.6 Å². The fourth-order valence-corrected chi connectivity index (χ4v) is 5.01. The van der Waals surface area contributed by atoms with Crippen molar-refractivity contribution in [3.05, 3.63) is 66.3 Å². The Labute approximate surface area is 153 Å². The summed E-state index contributed by atoms with van der Waals surface area (Å²) >= 11 is 1.16. The Balaban J connectivity index is 1.89. The molecule has 0 saturated heterocycles. The Hall–Kier alpha value is -3.11. The van der Waals surface area contributed by atoms with Crippen molar-refractivity contribution in [3.63, 3.8) is 0 Å². The summed E-state index contributed by atoms with van der Waals surface area (Å²) in [4.78, 5) is 3.97. The lowest BCUT2D eigenvalue weighted by molar-refractivity contribution is 0.598. The lowest BCUT2D eigenvalue weighted by atomic mass is 10.2. The van der Waals surface area contributed by atoms with E-state index in [0.717, 1.165) is 11.3 Å². The summed E-state index contributed by atoms with van der Waals surface area (Å²) in [5.74, 6) is 0.384. The highest BCUT2D eigenvalue weighted by atomic mass is 32.2. The van der Waals surface area contributed by atoms with Gasteiger partial charge in [0.15, 0.2) is 0 Å². The maximum absolute atomic E-state index is 13.3. The minimum atomic E-state index is -3.79. The van der Waals surface area contributed by atoms with Crippen LogP contribution in [-0.4, -0.2) is 34.0 Å². The van der Waals surface area contributed by atoms with Gasteiger partial charge in [-0.25, -0.2) is 4.31 Å². The van der Waals surface area contributed by atoms with Gasteiger partial charge in [0.2, 0.25) is 5.82 Å². The summed E-state index contributed by atoms with van der Waals surface area (Å²) in [6.45, 7) is 0. The molecule has 0 aliphatic rings. The number of benzene rings is 1. The standard InChI is InChI=1S/C16H12N6O2S2/c23-26(24,15-5-2-10-25-15)22(13-6-8-17-9-7-13)14-4-1-3-12(11-14)16-18-20-21-19-16/h1-11H,(H,18,19,20,21). The van der Waals surface area contributed by atoms with E-state index < -0.39 is 10.0 Å². The van der Waals surface area contributed by atoms with Crippen LogP contribution in [0.4, 0.5) is 11.4 Å². The first kappa shape index (κ1) is 16.4. The number of pyridine rings is 1. The summed E-state index contributed by atoms with van der Waals surface area (Å²) in [5, 5.41) is 15.6. The highest BCUT2D eigenvalue weighted by molar-refractivity contribution is 7.95. The third-order valence-electron chi connectivity index (χ3n) is 3.57. The molecule has 0 spiro atoms. The van der Waals surface area contributed by atoms with E-state index in [1.807, 2.05) is 0 Å². The van der Waals surface area contributed by atoms with Crippen molar-refractivity contribution in [1.29, 1.82) is 0 Å². The van der Waals surface area contributed by atoms with Gasteiger partial charge >= 0.3 is 0 Å². The Morgan fingerprint density at radius 2 is 1.85 bits per heavy atom. The van der Waals surface area contributed by atoms with Crippen LogP contribution in [0.5, 0.6) is 0 Å². The van der Waals surface area contributed by atoms with E-state index in [1.165, 1.54) is 4.31 Å². The van der Waals surface area contributed by atoms with Gasteiger partial charge in [0.25, 0.3) is 10.0 Å². The monoisotopic (exact) mass is 384 g/mol. The van der Waals surface area contributed by atoms with Crippen molar-refractivity contribution in [1.82, 2.24) is 25.6 Å². The molecule has 3 aromatic heterocycles. The molecule has 0 fully saturated rings. The van der Waals surface area contributed by atoms with Crippen LogP contribution in [0.2, 0.25) is 0 Å². The average Bonchev–Trinajstić information content (AvgIpc) is 3.37. The third-order valence-corrected chi connectivity index (χ3v) is 6.70. The topological polar surface area (TPSA) is 105 Å². The van der Waals surface area contributed by atoms with Gasteiger partial charge in [0.1, 0.15) is 4.21 Å². The molecule has 26 heavy (non-hydrogen) atoms. The Kier molecular flexibility index (Phi) is 4.19. The number of hydrogen-bond acceptors (Lipinski definition) is 7. The number of rotatable bonds is 5. The van der Waals surface area contributed by atoms with E-state index in [0.29, 0.717) is 22.8 Å². The first-order chi connectivity index (χ1) is 12.7. The molecule has 0 atom stereocenters. The molecule has 0 aliphatic heterocycles. The molecule has 0 saturated carbocycles. The van der Waals surface area contributed by atoms with Gasteiger partial charge in [0.05, 0.1) is 11.4 Å². The van der Waals surface area contributed by atoms with Crippen LogP contribution in [0, 0.1) is 0 Å². The normalized spacial score (nSPS) is 11.4. The highest BCUT2D eigenvalue weighted by Gasteiger charge is 2.28. The molecule has 0 amide bonds. The Bertz CT molecular complexity index is 1100. The van der Waals surface area contributed by atoms with Crippen molar-refractivity contribution in [2.75, 3.05) is 4.31 Å². The molecule has 0 bridgehead atoms. The fourth-order valence-electron chi connectivity index (χ4n) is 2.46. The number of aromatic amines is 1. The van der Waals surface area contributed by atoms with Crippen LogP contribution in [0.1, 0.15) is 0 Å². The van der Waals surface area contributed by atoms with Crippen LogP contribution < -0.4 is 4.31 Å². The maximum atomic E-state index is 13.3. The van der Waals surface area contributed by atoms with Crippen LogP contribution in [0.15, 0.2) is 70.5 Å². The zero-order valence-corrected chi connectivity index (χ0v) is 14.9. The second kappa shape index (κ2) is 6.65.